The summed E-state index contributed by atoms with van der Waals surface area (Å²) in [6.07, 6.45) is -4.53. The molecule has 0 unspecified atom stereocenters. The Morgan fingerprint density at radius 3 is 2.17 bits per heavy atom. The van der Waals surface area contributed by atoms with E-state index in [1.165, 1.54) is 7.11 Å². The summed E-state index contributed by atoms with van der Waals surface area (Å²) in [6.45, 7) is 1.45. The van der Waals surface area contributed by atoms with Crippen molar-refractivity contribution in [2.24, 2.45) is 4.99 Å². The number of amidine groups is 1. The summed E-state index contributed by atoms with van der Waals surface area (Å²) in [5, 5.41) is 1.37. The van der Waals surface area contributed by atoms with Gasteiger partial charge in [-0.05, 0) is 31.2 Å². The average molecular weight is 335 g/mol. The van der Waals surface area contributed by atoms with Crippen molar-refractivity contribution in [3.05, 3.63) is 59.7 Å². The lowest BCUT2D eigenvalue weighted by molar-refractivity contribution is -0.241. The van der Waals surface area contributed by atoms with E-state index in [9.17, 15) is 13.2 Å². The molecule has 0 aromatic heterocycles. The number of ether oxygens (including phenoxy) is 1. The summed E-state index contributed by atoms with van der Waals surface area (Å²) in [6, 6.07) is 13.6. The van der Waals surface area contributed by atoms with Crippen molar-refractivity contribution >= 4 is 11.5 Å². The Hall–Kier alpha value is -2.54. The Morgan fingerprint density at radius 1 is 1.00 bits per heavy atom. The maximum atomic E-state index is 13.4. The van der Waals surface area contributed by atoms with Crippen LogP contribution < -0.4 is 9.75 Å². The fourth-order valence-corrected chi connectivity index (χ4v) is 2.47. The maximum Gasteiger partial charge on any atom is 0.479 e. The molecular weight excluding hydrogens is 319 g/mol. The molecule has 0 aliphatic carbocycles. The molecule has 0 atom stereocenters. The van der Waals surface area contributed by atoms with Crippen molar-refractivity contribution < 1.29 is 17.9 Å². The molecule has 0 fully saturated rings. The number of alkyl halides is 3. The first-order valence-corrected chi connectivity index (χ1v) is 7.30. The fraction of sp³-hybridized carbons (Fsp3) is 0.235. The Labute approximate surface area is 137 Å². The molecule has 0 saturated heterocycles. The number of hydrogen-bond acceptors (Lipinski definition) is 4. The van der Waals surface area contributed by atoms with Crippen LogP contribution in [0.3, 0.4) is 0 Å². The van der Waals surface area contributed by atoms with E-state index in [0.717, 1.165) is 10.6 Å². The van der Waals surface area contributed by atoms with E-state index in [0.29, 0.717) is 17.0 Å². The van der Waals surface area contributed by atoms with E-state index >= 15 is 0 Å². The minimum atomic E-state index is -4.53. The monoisotopic (exact) mass is 335 g/mol. The Morgan fingerprint density at radius 2 is 1.62 bits per heavy atom. The minimum Gasteiger partial charge on any atom is -0.497 e. The largest absolute Gasteiger partial charge is 0.497 e. The van der Waals surface area contributed by atoms with Crippen LogP contribution in [0.15, 0.2) is 53.5 Å². The molecule has 2 aromatic rings. The van der Waals surface area contributed by atoms with Crippen molar-refractivity contribution in [1.29, 1.82) is 0 Å². The van der Waals surface area contributed by atoms with E-state index in [1.807, 2.05) is 19.1 Å². The van der Waals surface area contributed by atoms with Gasteiger partial charge in [-0.15, -0.1) is 0 Å². The Bertz CT molecular complexity index is 739. The summed E-state index contributed by atoms with van der Waals surface area (Å²) in [5.41, 5.74) is 2.02. The zero-order valence-electron chi connectivity index (χ0n) is 13.2. The third-order valence-corrected chi connectivity index (χ3v) is 3.72. The number of aliphatic imine (C=N–C) groups is 1. The van der Waals surface area contributed by atoms with E-state index in [1.54, 1.807) is 36.4 Å². The number of nitrogens with zero attached hydrogens (tertiary/aromatic N) is 3. The summed E-state index contributed by atoms with van der Waals surface area (Å²) in [7, 11) is 1.51. The number of hydrazine groups is 1. The molecule has 0 amide bonds. The standard InChI is InChI=1S/C17H16F3N3O/c1-12-3-5-13(6-4-12)16-21-11-22(17(18,19)20)23(16)14-7-9-15(24-2)10-8-14/h3-10H,11H2,1-2H3. The number of methoxy groups -OCH3 is 1. The predicted molar refractivity (Wildman–Crippen MR) is 86.0 cm³/mol. The highest BCUT2D eigenvalue weighted by molar-refractivity contribution is 6.10. The second-order valence-corrected chi connectivity index (χ2v) is 5.37. The first-order chi connectivity index (χ1) is 11.4. The van der Waals surface area contributed by atoms with Gasteiger partial charge in [-0.2, -0.15) is 13.2 Å². The molecule has 1 heterocycles. The number of halogens is 3. The molecule has 0 spiro atoms. The van der Waals surface area contributed by atoms with E-state index in [-0.39, 0.29) is 10.8 Å². The molecule has 2 aromatic carbocycles. The minimum absolute atomic E-state index is 0.262. The summed E-state index contributed by atoms with van der Waals surface area (Å²) >= 11 is 0. The second-order valence-electron chi connectivity index (χ2n) is 5.37. The lowest BCUT2D eigenvalue weighted by Crippen LogP contribution is -2.50. The van der Waals surface area contributed by atoms with Gasteiger partial charge in [-0.3, -0.25) is 0 Å². The van der Waals surface area contributed by atoms with Crippen LogP contribution in [0.25, 0.3) is 0 Å². The number of rotatable bonds is 3. The molecule has 1 aliphatic heterocycles. The van der Waals surface area contributed by atoms with Gasteiger partial charge in [0.25, 0.3) is 0 Å². The van der Waals surface area contributed by atoms with Gasteiger partial charge in [-0.25, -0.2) is 10.0 Å². The number of aryl methyl sites for hydroxylation is 1. The molecule has 24 heavy (non-hydrogen) atoms. The van der Waals surface area contributed by atoms with Crippen molar-refractivity contribution in [2.45, 2.75) is 13.2 Å². The number of anilines is 1. The SMILES string of the molecule is COc1ccc(N2C(c3ccc(C)cc3)=NCN2C(F)(F)F)cc1. The van der Waals surface area contributed by atoms with Gasteiger partial charge in [0.05, 0.1) is 12.8 Å². The fourth-order valence-electron chi connectivity index (χ4n) is 2.47. The van der Waals surface area contributed by atoms with Crippen LogP contribution in [0, 0.1) is 6.92 Å². The zero-order valence-corrected chi connectivity index (χ0v) is 13.2. The lowest BCUT2D eigenvalue weighted by Gasteiger charge is -2.31. The van der Waals surface area contributed by atoms with Crippen molar-refractivity contribution in [3.8, 4) is 5.75 Å². The van der Waals surface area contributed by atoms with Gasteiger partial charge >= 0.3 is 6.30 Å². The third-order valence-electron chi connectivity index (χ3n) is 3.72. The smallest absolute Gasteiger partial charge is 0.479 e. The molecule has 3 rings (SSSR count). The molecule has 0 saturated carbocycles. The molecule has 7 heteroatoms. The summed E-state index contributed by atoms with van der Waals surface area (Å²) in [5.74, 6) is 0.836. The predicted octanol–water partition coefficient (Wildman–Crippen LogP) is 3.96. The van der Waals surface area contributed by atoms with E-state index in [2.05, 4.69) is 4.99 Å². The molecular formula is C17H16F3N3O. The average Bonchev–Trinajstić information content (AvgIpc) is 3.01. The zero-order chi connectivity index (χ0) is 17.3. The molecule has 0 radical (unpaired) electrons. The van der Waals surface area contributed by atoms with Gasteiger partial charge in [0.1, 0.15) is 12.4 Å². The topological polar surface area (TPSA) is 28.1 Å². The van der Waals surface area contributed by atoms with Crippen LogP contribution >= 0.6 is 0 Å². The molecule has 0 N–H and O–H groups in total. The van der Waals surface area contributed by atoms with Crippen LogP contribution in [0.1, 0.15) is 11.1 Å². The van der Waals surface area contributed by atoms with Crippen molar-refractivity contribution in [1.82, 2.24) is 5.01 Å². The highest BCUT2D eigenvalue weighted by atomic mass is 19.4. The van der Waals surface area contributed by atoms with E-state index < -0.39 is 13.0 Å². The van der Waals surface area contributed by atoms with Gasteiger partial charge in [-0.1, -0.05) is 34.8 Å². The van der Waals surface area contributed by atoms with Gasteiger partial charge in [0.2, 0.25) is 0 Å². The van der Waals surface area contributed by atoms with Gasteiger partial charge < -0.3 is 4.74 Å². The Kier molecular flexibility index (Phi) is 4.19. The Balaban J connectivity index is 2.02. The number of benzene rings is 2. The van der Waals surface area contributed by atoms with E-state index in [4.69, 9.17) is 4.74 Å². The molecule has 0 bridgehead atoms. The van der Waals surface area contributed by atoms with Crippen LogP contribution in [0.4, 0.5) is 18.9 Å². The third kappa shape index (κ3) is 3.07. The van der Waals surface area contributed by atoms with Crippen LogP contribution in [0.2, 0.25) is 0 Å². The lowest BCUT2D eigenvalue weighted by atomic mass is 10.1. The molecule has 4 nitrogen and oxygen atoms in total. The highest BCUT2D eigenvalue weighted by Crippen LogP contribution is 2.33. The molecule has 126 valence electrons. The van der Waals surface area contributed by atoms with Gasteiger partial charge in [0, 0.05) is 5.56 Å². The first kappa shape index (κ1) is 16.3. The van der Waals surface area contributed by atoms with Crippen molar-refractivity contribution in [2.75, 3.05) is 18.8 Å². The van der Waals surface area contributed by atoms with Crippen LogP contribution in [0.5, 0.6) is 5.75 Å². The highest BCUT2D eigenvalue weighted by Gasteiger charge is 2.46. The summed E-state index contributed by atoms with van der Waals surface area (Å²) < 4.78 is 45.2. The van der Waals surface area contributed by atoms with Crippen molar-refractivity contribution in [3.63, 3.8) is 0 Å². The maximum absolute atomic E-state index is 13.4. The number of hydrogen-bond donors (Lipinski definition) is 0. The van der Waals surface area contributed by atoms with Crippen LogP contribution in [-0.2, 0) is 0 Å². The first-order valence-electron chi connectivity index (χ1n) is 7.30. The summed E-state index contributed by atoms with van der Waals surface area (Å²) in [4.78, 5) is 4.10. The quantitative estimate of drug-likeness (QED) is 0.795. The molecule has 1 aliphatic rings. The van der Waals surface area contributed by atoms with Crippen LogP contribution in [-0.4, -0.2) is 30.9 Å². The van der Waals surface area contributed by atoms with Gasteiger partial charge in [0.15, 0.2) is 5.84 Å². The second kappa shape index (κ2) is 6.16. The normalized spacial score (nSPS) is 15.5.